The van der Waals surface area contributed by atoms with E-state index in [2.05, 4.69) is 36.2 Å². The van der Waals surface area contributed by atoms with E-state index in [-0.39, 0.29) is 30.4 Å². The van der Waals surface area contributed by atoms with Crippen LogP contribution in [0.4, 0.5) is 30.8 Å². The number of nitrogens with one attached hydrogen (secondary N) is 4. The predicted octanol–water partition coefficient (Wildman–Crippen LogP) is 5.20. The molecule has 1 atom stereocenters. The lowest BCUT2D eigenvalue weighted by molar-refractivity contribution is -0.154. The van der Waals surface area contributed by atoms with E-state index in [9.17, 15) is 37.5 Å². The second-order valence-corrected chi connectivity index (χ2v) is 12.3. The molecule has 1 aliphatic rings. The SMILES string of the molecule is O=C(CC[C@H](NC(=O)c1ccc(Nc2nc(NC3(c4ccc(Cl)cc4)CC3)nc(OCC(F)(F)F)n2)cc1)C(=O)O)C(=O)NCCc1ccccc1. The van der Waals surface area contributed by atoms with Crippen LogP contribution < -0.4 is 26.0 Å². The topological polar surface area (TPSA) is 185 Å². The summed E-state index contributed by atoms with van der Waals surface area (Å²) in [4.78, 5) is 61.5. The summed E-state index contributed by atoms with van der Waals surface area (Å²) >= 11 is 6.01. The van der Waals surface area contributed by atoms with Crippen LogP contribution in [-0.2, 0) is 26.3 Å². The molecule has 17 heteroatoms. The minimum absolute atomic E-state index is 0.0408. The number of carboxylic acids is 1. The minimum Gasteiger partial charge on any atom is -0.480 e. The highest BCUT2D eigenvalue weighted by Crippen LogP contribution is 2.48. The van der Waals surface area contributed by atoms with Crippen molar-refractivity contribution in [2.24, 2.45) is 0 Å². The van der Waals surface area contributed by atoms with Gasteiger partial charge in [-0.1, -0.05) is 54.1 Å². The summed E-state index contributed by atoms with van der Waals surface area (Å²) in [6.07, 6.45) is -3.45. The van der Waals surface area contributed by atoms with Crippen LogP contribution in [0.1, 0.15) is 47.2 Å². The monoisotopic (exact) mass is 739 g/mol. The lowest BCUT2D eigenvalue weighted by Crippen LogP contribution is -2.42. The summed E-state index contributed by atoms with van der Waals surface area (Å²) < 4.78 is 43.6. The highest BCUT2D eigenvalue weighted by molar-refractivity contribution is 6.36. The average molecular weight is 740 g/mol. The van der Waals surface area contributed by atoms with Crippen LogP contribution in [0.2, 0.25) is 5.02 Å². The molecule has 0 saturated heterocycles. The van der Waals surface area contributed by atoms with E-state index >= 15 is 0 Å². The Kier molecular flexibility index (Phi) is 11.9. The molecule has 1 aromatic heterocycles. The van der Waals surface area contributed by atoms with Crippen LogP contribution in [0.5, 0.6) is 6.01 Å². The van der Waals surface area contributed by atoms with Gasteiger partial charge in [0.1, 0.15) is 6.04 Å². The maximum absolute atomic E-state index is 12.9. The Bertz CT molecular complexity index is 1890. The van der Waals surface area contributed by atoms with Crippen molar-refractivity contribution >= 4 is 52.8 Å². The summed E-state index contributed by atoms with van der Waals surface area (Å²) in [5, 5.41) is 21.0. The van der Waals surface area contributed by atoms with Crippen LogP contribution in [0.15, 0.2) is 78.9 Å². The molecule has 2 amide bonds. The van der Waals surface area contributed by atoms with Crippen molar-refractivity contribution in [3.05, 3.63) is 101 Å². The Morgan fingerprint density at radius 3 is 2.21 bits per heavy atom. The molecule has 0 radical (unpaired) electrons. The third-order valence-electron chi connectivity index (χ3n) is 7.94. The van der Waals surface area contributed by atoms with E-state index in [1.165, 1.54) is 24.3 Å². The molecule has 0 unspecified atom stereocenters. The number of alkyl halides is 3. The van der Waals surface area contributed by atoms with E-state index in [4.69, 9.17) is 16.3 Å². The number of aliphatic carboxylic acids is 1. The number of ketones is 1. The molecule has 13 nitrogen and oxygen atoms in total. The van der Waals surface area contributed by atoms with E-state index in [1.54, 1.807) is 12.1 Å². The summed E-state index contributed by atoms with van der Waals surface area (Å²) in [5.41, 5.74) is 1.69. The van der Waals surface area contributed by atoms with Gasteiger partial charge in [0.05, 0.1) is 5.54 Å². The van der Waals surface area contributed by atoms with E-state index in [1.807, 2.05) is 42.5 Å². The zero-order valence-electron chi connectivity index (χ0n) is 27.4. The molecule has 5 rings (SSSR count). The number of hydrogen-bond acceptors (Lipinski definition) is 10. The molecule has 1 saturated carbocycles. The summed E-state index contributed by atoms with van der Waals surface area (Å²) in [6.45, 7) is -1.41. The number of Topliss-reactive ketones (excluding diaryl/α,β-unsaturated/α-hetero) is 1. The number of carbonyl (C=O) groups excluding carboxylic acids is 3. The predicted molar refractivity (Wildman–Crippen MR) is 183 cm³/mol. The van der Waals surface area contributed by atoms with Gasteiger partial charge in [-0.15, -0.1) is 0 Å². The molecular formula is C35H33ClF3N7O6. The molecule has 3 aromatic carbocycles. The molecule has 1 heterocycles. The van der Waals surface area contributed by atoms with Gasteiger partial charge in [0, 0.05) is 29.2 Å². The van der Waals surface area contributed by atoms with Gasteiger partial charge in [0.2, 0.25) is 17.7 Å². The van der Waals surface area contributed by atoms with E-state index < -0.39 is 60.4 Å². The van der Waals surface area contributed by atoms with Gasteiger partial charge in [0.25, 0.3) is 11.8 Å². The van der Waals surface area contributed by atoms with Crippen molar-refractivity contribution in [1.82, 2.24) is 25.6 Å². The van der Waals surface area contributed by atoms with E-state index in [0.717, 1.165) is 11.1 Å². The van der Waals surface area contributed by atoms with Crippen molar-refractivity contribution in [1.29, 1.82) is 0 Å². The maximum Gasteiger partial charge on any atom is 0.422 e. The number of anilines is 3. The average Bonchev–Trinajstić information content (AvgIpc) is 3.89. The number of hydrogen-bond donors (Lipinski definition) is 5. The fourth-order valence-electron chi connectivity index (χ4n) is 5.06. The first kappa shape index (κ1) is 37.5. The van der Waals surface area contributed by atoms with Gasteiger partial charge in [-0.05, 0) is 73.2 Å². The van der Waals surface area contributed by atoms with E-state index in [0.29, 0.717) is 30.0 Å². The highest BCUT2D eigenvalue weighted by Gasteiger charge is 2.45. The Hall–Kier alpha value is -5.77. The molecule has 1 fully saturated rings. The van der Waals surface area contributed by atoms with Crippen LogP contribution in [0, 0.1) is 0 Å². The molecule has 4 aromatic rings. The lowest BCUT2D eigenvalue weighted by Gasteiger charge is -2.19. The number of benzene rings is 3. The van der Waals surface area contributed by atoms with Gasteiger partial charge in [-0.3, -0.25) is 14.4 Å². The van der Waals surface area contributed by atoms with Crippen LogP contribution in [-0.4, -0.2) is 69.0 Å². The molecule has 272 valence electrons. The van der Waals surface area contributed by atoms with Crippen LogP contribution in [0.3, 0.4) is 0 Å². The fourth-order valence-corrected chi connectivity index (χ4v) is 5.18. The van der Waals surface area contributed by atoms with Crippen molar-refractivity contribution in [3.63, 3.8) is 0 Å². The molecule has 5 N–H and O–H groups in total. The third kappa shape index (κ3) is 10.9. The molecule has 0 aliphatic heterocycles. The zero-order valence-corrected chi connectivity index (χ0v) is 28.1. The summed E-state index contributed by atoms with van der Waals surface area (Å²) in [7, 11) is 0. The summed E-state index contributed by atoms with van der Waals surface area (Å²) in [5.74, 6) is -4.01. The smallest absolute Gasteiger partial charge is 0.422 e. The number of halogens is 4. The van der Waals surface area contributed by atoms with Crippen LogP contribution in [0.25, 0.3) is 0 Å². The van der Waals surface area contributed by atoms with Crippen LogP contribution >= 0.6 is 11.6 Å². The van der Waals surface area contributed by atoms with Gasteiger partial charge >= 0.3 is 18.2 Å². The van der Waals surface area contributed by atoms with Crippen molar-refractivity contribution in [2.75, 3.05) is 23.8 Å². The Morgan fingerprint density at radius 1 is 0.904 bits per heavy atom. The molecule has 52 heavy (non-hydrogen) atoms. The third-order valence-corrected chi connectivity index (χ3v) is 8.19. The number of carboxylic acid groups (broad SMARTS) is 1. The van der Waals surface area contributed by atoms with Gasteiger partial charge in [-0.2, -0.15) is 28.1 Å². The first-order valence-electron chi connectivity index (χ1n) is 16.0. The number of amides is 2. The standard InChI is InChI=1S/C35H33ClF3N7O6/c36-24-10-8-23(9-11-24)34(17-18-34)46-32-43-31(44-33(45-32)52-20-35(37,38)39)41-25-12-6-22(7-13-25)28(48)42-26(30(50)51)14-15-27(47)29(49)40-19-16-21-4-2-1-3-5-21/h1-13,26H,14-20H2,(H,40,49)(H,42,48)(H,50,51)(H2,41,43,44,45,46)/t26-/m0/s1. The van der Waals surface area contributed by atoms with Gasteiger partial charge < -0.3 is 31.1 Å². The minimum atomic E-state index is -4.64. The number of rotatable bonds is 17. The number of carbonyl (C=O) groups is 4. The Balaban J connectivity index is 1.19. The van der Waals surface area contributed by atoms with Crippen molar-refractivity contribution < 1.29 is 42.2 Å². The molecule has 0 spiro atoms. The summed E-state index contributed by atoms with van der Waals surface area (Å²) in [6, 6.07) is 20.0. The molecule has 1 aliphatic carbocycles. The quantitative estimate of drug-likeness (QED) is 0.0897. The zero-order chi connectivity index (χ0) is 37.3. The second-order valence-electron chi connectivity index (χ2n) is 11.9. The molecular weight excluding hydrogens is 707 g/mol. The number of aromatic nitrogens is 3. The highest BCUT2D eigenvalue weighted by atomic mass is 35.5. The van der Waals surface area contributed by atoms with Gasteiger partial charge in [-0.25, -0.2) is 4.79 Å². The Morgan fingerprint density at radius 2 is 1.58 bits per heavy atom. The van der Waals surface area contributed by atoms with Crippen molar-refractivity contribution in [2.45, 2.75) is 49.9 Å². The Labute approximate surface area is 300 Å². The largest absolute Gasteiger partial charge is 0.480 e. The first-order valence-corrected chi connectivity index (χ1v) is 16.4. The molecule has 0 bridgehead atoms. The number of nitrogens with zero attached hydrogens (tertiary/aromatic N) is 3. The number of ether oxygens (including phenoxy) is 1. The normalized spacial score (nSPS) is 13.7. The van der Waals surface area contributed by atoms with Crippen molar-refractivity contribution in [3.8, 4) is 6.01 Å². The maximum atomic E-state index is 12.9. The second kappa shape index (κ2) is 16.5. The fraction of sp³-hybridized carbons (Fsp3) is 0.286. The first-order chi connectivity index (χ1) is 24.8. The lowest BCUT2D eigenvalue weighted by atomic mass is 10.1. The van der Waals surface area contributed by atoms with Gasteiger partial charge in [0.15, 0.2) is 6.61 Å².